The van der Waals surface area contributed by atoms with Crippen molar-refractivity contribution < 1.29 is 19.4 Å². The molecule has 0 aliphatic carbocycles. The summed E-state index contributed by atoms with van der Waals surface area (Å²) in [4.78, 5) is 23.3. The summed E-state index contributed by atoms with van der Waals surface area (Å²) in [5.41, 5.74) is -0.362. The quantitative estimate of drug-likeness (QED) is 0.800. The molecule has 5 nitrogen and oxygen atoms in total. The van der Waals surface area contributed by atoms with Crippen molar-refractivity contribution in [3.8, 4) is 5.75 Å². The van der Waals surface area contributed by atoms with Gasteiger partial charge in [-0.25, -0.2) is 4.79 Å². The van der Waals surface area contributed by atoms with Crippen molar-refractivity contribution in [3.63, 3.8) is 0 Å². The zero-order valence-electron chi connectivity index (χ0n) is 12.1. The third-order valence-electron chi connectivity index (χ3n) is 3.52. The lowest BCUT2D eigenvalue weighted by Crippen LogP contribution is -2.54. The molecule has 0 saturated carbocycles. The van der Waals surface area contributed by atoms with Crippen molar-refractivity contribution in [1.29, 1.82) is 0 Å². The van der Waals surface area contributed by atoms with E-state index in [9.17, 15) is 14.7 Å². The number of aliphatic carboxylic acids is 1. The van der Waals surface area contributed by atoms with E-state index < -0.39 is 11.5 Å². The average molecular weight is 279 g/mol. The molecule has 0 aliphatic heterocycles. The van der Waals surface area contributed by atoms with Crippen molar-refractivity contribution in [2.75, 3.05) is 7.11 Å². The predicted octanol–water partition coefficient (Wildman–Crippen LogP) is 2.00. The third-order valence-corrected chi connectivity index (χ3v) is 3.52. The maximum atomic E-state index is 12.0. The van der Waals surface area contributed by atoms with Gasteiger partial charge in [-0.1, -0.05) is 26.0 Å². The minimum atomic E-state index is -1.18. The first-order valence-corrected chi connectivity index (χ1v) is 6.64. The van der Waals surface area contributed by atoms with Crippen molar-refractivity contribution >= 4 is 11.9 Å². The molecule has 1 amide bonds. The number of carboxylic acid groups (broad SMARTS) is 1. The molecule has 0 bridgehead atoms. The number of ether oxygens (including phenoxy) is 1. The number of hydrogen-bond acceptors (Lipinski definition) is 3. The van der Waals surface area contributed by atoms with Gasteiger partial charge in [0.1, 0.15) is 11.3 Å². The van der Waals surface area contributed by atoms with Crippen molar-refractivity contribution in [1.82, 2.24) is 5.32 Å². The maximum Gasteiger partial charge on any atom is 0.329 e. The Balaban J connectivity index is 2.72. The highest BCUT2D eigenvalue weighted by molar-refractivity contribution is 5.87. The van der Waals surface area contributed by atoms with Gasteiger partial charge < -0.3 is 15.2 Å². The van der Waals surface area contributed by atoms with Crippen LogP contribution in [0.3, 0.4) is 0 Å². The fraction of sp³-hybridized carbons (Fsp3) is 0.467. The lowest BCUT2D eigenvalue weighted by molar-refractivity contribution is -0.148. The zero-order chi connectivity index (χ0) is 15.2. The van der Waals surface area contributed by atoms with E-state index in [1.807, 2.05) is 0 Å². The Bertz CT molecular complexity index is 463. The summed E-state index contributed by atoms with van der Waals surface area (Å²) in [5.74, 6) is -0.567. The Kier molecular flexibility index (Phi) is 5.55. The highest BCUT2D eigenvalue weighted by Crippen LogP contribution is 2.16. The van der Waals surface area contributed by atoms with Crippen LogP contribution in [0.4, 0.5) is 0 Å². The van der Waals surface area contributed by atoms with Crippen LogP contribution in [0.25, 0.3) is 0 Å². The summed E-state index contributed by atoms with van der Waals surface area (Å²) in [6.45, 7) is 3.51. The molecular formula is C15H21NO4. The van der Waals surface area contributed by atoms with Gasteiger partial charge in [-0.05, 0) is 30.5 Å². The second-order valence-electron chi connectivity index (χ2n) is 4.67. The average Bonchev–Trinajstić information content (AvgIpc) is 2.45. The summed E-state index contributed by atoms with van der Waals surface area (Å²) in [7, 11) is 1.57. The molecule has 0 atom stereocenters. The van der Waals surface area contributed by atoms with Gasteiger partial charge in [0.05, 0.1) is 13.5 Å². The van der Waals surface area contributed by atoms with Gasteiger partial charge in [-0.3, -0.25) is 4.79 Å². The molecule has 0 saturated heterocycles. The SMILES string of the molecule is CCC(CC)(NC(=O)Cc1ccc(OC)cc1)C(=O)O. The van der Waals surface area contributed by atoms with E-state index in [-0.39, 0.29) is 12.3 Å². The first kappa shape index (κ1) is 16.0. The Morgan fingerprint density at radius 2 is 1.75 bits per heavy atom. The molecule has 0 radical (unpaired) electrons. The summed E-state index contributed by atoms with van der Waals surface area (Å²) >= 11 is 0. The molecule has 5 heteroatoms. The first-order valence-electron chi connectivity index (χ1n) is 6.64. The number of benzene rings is 1. The van der Waals surface area contributed by atoms with Crippen molar-refractivity contribution in [3.05, 3.63) is 29.8 Å². The van der Waals surface area contributed by atoms with Crippen LogP contribution in [-0.2, 0) is 16.0 Å². The first-order chi connectivity index (χ1) is 9.47. The van der Waals surface area contributed by atoms with Gasteiger partial charge in [-0.2, -0.15) is 0 Å². The predicted molar refractivity (Wildman–Crippen MR) is 75.8 cm³/mol. The van der Waals surface area contributed by atoms with E-state index >= 15 is 0 Å². The van der Waals surface area contributed by atoms with E-state index in [4.69, 9.17) is 4.74 Å². The summed E-state index contributed by atoms with van der Waals surface area (Å²) < 4.78 is 5.04. The molecular weight excluding hydrogens is 258 g/mol. The van der Waals surface area contributed by atoms with Crippen LogP contribution < -0.4 is 10.1 Å². The molecule has 0 unspecified atom stereocenters. The topological polar surface area (TPSA) is 75.6 Å². The van der Waals surface area contributed by atoms with E-state index in [0.717, 1.165) is 11.3 Å². The van der Waals surface area contributed by atoms with Crippen LogP contribution in [0.2, 0.25) is 0 Å². The fourth-order valence-electron chi connectivity index (χ4n) is 2.02. The lowest BCUT2D eigenvalue weighted by Gasteiger charge is -2.28. The van der Waals surface area contributed by atoms with E-state index in [1.54, 1.807) is 45.2 Å². The number of carboxylic acids is 1. The molecule has 1 aromatic carbocycles. The molecule has 0 spiro atoms. The van der Waals surface area contributed by atoms with Gasteiger partial charge in [0.25, 0.3) is 0 Å². The van der Waals surface area contributed by atoms with E-state index in [1.165, 1.54) is 0 Å². The highest BCUT2D eigenvalue weighted by atomic mass is 16.5. The molecule has 20 heavy (non-hydrogen) atoms. The number of amides is 1. The standard InChI is InChI=1S/C15H21NO4/c1-4-15(5-2,14(18)19)16-13(17)10-11-6-8-12(20-3)9-7-11/h6-9H,4-5,10H2,1-3H3,(H,16,17)(H,18,19). The smallest absolute Gasteiger partial charge is 0.329 e. The molecule has 0 heterocycles. The number of carbonyl (C=O) groups is 2. The molecule has 1 rings (SSSR count). The number of methoxy groups -OCH3 is 1. The molecule has 110 valence electrons. The maximum absolute atomic E-state index is 12.0. The second kappa shape index (κ2) is 6.93. The van der Waals surface area contributed by atoms with Crippen LogP contribution >= 0.6 is 0 Å². The molecule has 0 fully saturated rings. The monoisotopic (exact) mass is 279 g/mol. The molecule has 0 aliphatic rings. The Morgan fingerprint density at radius 3 is 2.15 bits per heavy atom. The number of carbonyl (C=O) groups excluding carboxylic acids is 1. The second-order valence-corrected chi connectivity index (χ2v) is 4.67. The van der Waals surface area contributed by atoms with Gasteiger partial charge >= 0.3 is 5.97 Å². The Hall–Kier alpha value is -2.04. The third kappa shape index (κ3) is 3.73. The van der Waals surface area contributed by atoms with Crippen LogP contribution in [0.5, 0.6) is 5.75 Å². The summed E-state index contributed by atoms with van der Waals surface area (Å²) in [5, 5.41) is 11.9. The van der Waals surface area contributed by atoms with Crippen LogP contribution in [0.1, 0.15) is 32.3 Å². The summed E-state index contributed by atoms with van der Waals surface area (Å²) in [6, 6.07) is 7.12. The minimum Gasteiger partial charge on any atom is -0.497 e. The van der Waals surface area contributed by atoms with Gasteiger partial charge in [0, 0.05) is 0 Å². The zero-order valence-corrected chi connectivity index (χ0v) is 12.1. The molecule has 1 aromatic rings. The summed E-state index contributed by atoms with van der Waals surface area (Å²) in [6.07, 6.45) is 0.861. The lowest BCUT2D eigenvalue weighted by atomic mass is 9.92. The Labute approximate surface area is 118 Å². The number of nitrogens with one attached hydrogen (secondary N) is 1. The van der Waals surface area contributed by atoms with Gasteiger partial charge in [-0.15, -0.1) is 0 Å². The van der Waals surface area contributed by atoms with Gasteiger partial charge in [0.2, 0.25) is 5.91 Å². The Morgan fingerprint density at radius 1 is 1.20 bits per heavy atom. The van der Waals surface area contributed by atoms with E-state index in [0.29, 0.717) is 12.8 Å². The minimum absolute atomic E-state index is 0.152. The van der Waals surface area contributed by atoms with E-state index in [2.05, 4.69) is 5.32 Å². The highest BCUT2D eigenvalue weighted by Gasteiger charge is 2.36. The normalized spacial score (nSPS) is 10.9. The fourth-order valence-corrected chi connectivity index (χ4v) is 2.02. The van der Waals surface area contributed by atoms with Crippen LogP contribution in [0.15, 0.2) is 24.3 Å². The van der Waals surface area contributed by atoms with Crippen molar-refractivity contribution in [2.45, 2.75) is 38.6 Å². The molecule has 0 aromatic heterocycles. The largest absolute Gasteiger partial charge is 0.497 e. The van der Waals surface area contributed by atoms with Crippen molar-refractivity contribution in [2.24, 2.45) is 0 Å². The van der Waals surface area contributed by atoms with Crippen LogP contribution in [-0.4, -0.2) is 29.6 Å². The number of hydrogen-bond donors (Lipinski definition) is 2. The van der Waals surface area contributed by atoms with Crippen LogP contribution in [0, 0.1) is 0 Å². The molecule has 2 N–H and O–H groups in total. The van der Waals surface area contributed by atoms with Gasteiger partial charge in [0.15, 0.2) is 0 Å². The number of rotatable bonds is 7.